The molecule has 2 atom stereocenters. The van der Waals surface area contributed by atoms with E-state index in [2.05, 4.69) is 5.32 Å². The predicted octanol–water partition coefficient (Wildman–Crippen LogP) is 1.55. The van der Waals surface area contributed by atoms with Gasteiger partial charge in [0.15, 0.2) is 0 Å². The largest absolute Gasteiger partial charge is 0.355 e. The standard InChI is InChI=1S/C16H24N2O3S/c1-5-9-17-15(19)12(2)22(21)11-13-7-6-8-14(10-13)16(20)18(3)4/h6-8,10,12H,5,9,11H2,1-4H3,(H,17,19)/t12-,22-/m0/s1. The Hall–Kier alpha value is -1.69. The van der Waals surface area contributed by atoms with Crippen molar-refractivity contribution in [3.63, 3.8) is 0 Å². The molecule has 0 spiro atoms. The molecule has 2 amide bonds. The third kappa shape index (κ3) is 5.26. The van der Waals surface area contributed by atoms with Crippen LogP contribution in [0.3, 0.4) is 0 Å². The van der Waals surface area contributed by atoms with E-state index in [1.54, 1.807) is 39.2 Å². The fourth-order valence-electron chi connectivity index (χ4n) is 1.85. The van der Waals surface area contributed by atoms with Gasteiger partial charge in [-0.1, -0.05) is 19.1 Å². The molecule has 0 heterocycles. The molecule has 0 aromatic heterocycles. The van der Waals surface area contributed by atoms with Crippen LogP contribution in [0.15, 0.2) is 24.3 Å². The zero-order valence-corrected chi connectivity index (χ0v) is 14.4. The van der Waals surface area contributed by atoms with E-state index in [1.807, 2.05) is 13.0 Å². The molecule has 0 aliphatic carbocycles. The van der Waals surface area contributed by atoms with Gasteiger partial charge in [-0.2, -0.15) is 0 Å². The first-order valence-electron chi connectivity index (χ1n) is 7.32. The summed E-state index contributed by atoms with van der Waals surface area (Å²) >= 11 is 0. The Labute approximate surface area is 134 Å². The summed E-state index contributed by atoms with van der Waals surface area (Å²) in [6.45, 7) is 4.22. The van der Waals surface area contributed by atoms with Crippen molar-refractivity contribution < 1.29 is 13.8 Å². The van der Waals surface area contributed by atoms with E-state index in [0.29, 0.717) is 12.1 Å². The molecule has 0 unspecified atom stereocenters. The summed E-state index contributed by atoms with van der Waals surface area (Å²) in [6, 6.07) is 7.05. The highest BCUT2D eigenvalue weighted by Crippen LogP contribution is 2.11. The molecule has 122 valence electrons. The van der Waals surface area contributed by atoms with Crippen molar-refractivity contribution in [2.24, 2.45) is 0 Å². The van der Waals surface area contributed by atoms with Gasteiger partial charge in [0, 0.05) is 42.8 Å². The normalized spacial score (nSPS) is 13.3. The molecule has 0 aliphatic rings. The molecule has 0 saturated carbocycles. The van der Waals surface area contributed by atoms with E-state index in [1.165, 1.54) is 4.90 Å². The van der Waals surface area contributed by atoms with Crippen molar-refractivity contribution in [1.82, 2.24) is 10.2 Å². The van der Waals surface area contributed by atoms with Crippen LogP contribution in [-0.2, 0) is 21.3 Å². The number of nitrogens with one attached hydrogen (secondary N) is 1. The zero-order chi connectivity index (χ0) is 16.7. The Morgan fingerprint density at radius 2 is 2.00 bits per heavy atom. The lowest BCUT2D eigenvalue weighted by atomic mass is 10.1. The maximum atomic E-state index is 12.3. The van der Waals surface area contributed by atoms with Crippen molar-refractivity contribution in [1.29, 1.82) is 0 Å². The molecular formula is C16H24N2O3S. The van der Waals surface area contributed by atoms with Gasteiger partial charge in [0.1, 0.15) is 5.25 Å². The van der Waals surface area contributed by atoms with Gasteiger partial charge in [-0.15, -0.1) is 0 Å². The van der Waals surface area contributed by atoms with Gasteiger partial charge in [-0.3, -0.25) is 13.8 Å². The monoisotopic (exact) mass is 324 g/mol. The number of nitrogens with zero attached hydrogens (tertiary/aromatic N) is 1. The minimum absolute atomic E-state index is 0.0960. The molecule has 0 bridgehead atoms. The number of rotatable bonds is 7. The number of carbonyl (C=O) groups is 2. The number of hydrogen-bond donors (Lipinski definition) is 1. The fraction of sp³-hybridized carbons (Fsp3) is 0.500. The van der Waals surface area contributed by atoms with Gasteiger partial charge < -0.3 is 10.2 Å². The number of hydrogen-bond acceptors (Lipinski definition) is 3. The number of amides is 2. The summed E-state index contributed by atoms with van der Waals surface area (Å²) in [4.78, 5) is 25.3. The third-order valence-corrected chi connectivity index (χ3v) is 4.82. The number of benzene rings is 1. The highest BCUT2D eigenvalue weighted by atomic mass is 32.2. The van der Waals surface area contributed by atoms with Gasteiger partial charge in [0.05, 0.1) is 0 Å². The minimum atomic E-state index is -1.32. The first-order chi connectivity index (χ1) is 10.4. The maximum Gasteiger partial charge on any atom is 0.253 e. The molecule has 0 saturated heterocycles. The Kier molecular flexibility index (Phi) is 7.24. The molecule has 5 nitrogen and oxygen atoms in total. The summed E-state index contributed by atoms with van der Waals surface area (Å²) in [6.07, 6.45) is 0.847. The molecule has 1 aromatic rings. The molecule has 1 aromatic carbocycles. The number of carbonyl (C=O) groups excluding carboxylic acids is 2. The fourth-order valence-corrected chi connectivity index (χ4v) is 2.93. The van der Waals surface area contributed by atoms with Crippen molar-refractivity contribution in [2.75, 3.05) is 20.6 Å². The van der Waals surface area contributed by atoms with E-state index < -0.39 is 16.0 Å². The Morgan fingerprint density at radius 3 is 2.59 bits per heavy atom. The molecule has 22 heavy (non-hydrogen) atoms. The molecule has 0 radical (unpaired) electrons. The first-order valence-corrected chi connectivity index (χ1v) is 8.70. The van der Waals surface area contributed by atoms with Crippen LogP contribution in [0.4, 0.5) is 0 Å². The van der Waals surface area contributed by atoms with Crippen LogP contribution in [-0.4, -0.2) is 46.8 Å². The predicted molar refractivity (Wildman–Crippen MR) is 89.1 cm³/mol. The van der Waals surface area contributed by atoms with Crippen LogP contribution < -0.4 is 5.32 Å². The molecule has 0 fully saturated rings. The minimum Gasteiger partial charge on any atom is -0.355 e. The Balaban J connectivity index is 2.74. The van der Waals surface area contributed by atoms with Crippen LogP contribution in [0, 0.1) is 0 Å². The highest BCUT2D eigenvalue weighted by molar-refractivity contribution is 7.85. The van der Waals surface area contributed by atoms with Crippen molar-refractivity contribution in [2.45, 2.75) is 31.3 Å². The summed E-state index contributed by atoms with van der Waals surface area (Å²) in [5.74, 6) is -0.0306. The SMILES string of the molecule is CCCNC(=O)[C@H](C)[S@@](=O)Cc1cccc(C(=O)N(C)C)c1. The van der Waals surface area contributed by atoms with E-state index in [4.69, 9.17) is 0 Å². The third-order valence-electron chi connectivity index (χ3n) is 3.20. The quantitative estimate of drug-likeness (QED) is 0.827. The second kappa shape index (κ2) is 8.68. The van der Waals surface area contributed by atoms with Crippen LogP contribution in [0.5, 0.6) is 0 Å². The van der Waals surface area contributed by atoms with E-state index in [-0.39, 0.29) is 17.6 Å². The topological polar surface area (TPSA) is 66.5 Å². The molecule has 0 aliphatic heterocycles. The lowest BCUT2D eigenvalue weighted by Gasteiger charge is -2.13. The van der Waals surface area contributed by atoms with Crippen LogP contribution >= 0.6 is 0 Å². The highest BCUT2D eigenvalue weighted by Gasteiger charge is 2.20. The van der Waals surface area contributed by atoms with Crippen LogP contribution in [0.1, 0.15) is 36.2 Å². The van der Waals surface area contributed by atoms with E-state index in [9.17, 15) is 13.8 Å². The Morgan fingerprint density at radius 1 is 1.32 bits per heavy atom. The summed E-state index contributed by atoms with van der Waals surface area (Å²) in [7, 11) is 2.06. The summed E-state index contributed by atoms with van der Waals surface area (Å²) < 4.78 is 12.3. The van der Waals surface area contributed by atoms with Gasteiger partial charge in [-0.25, -0.2) is 0 Å². The second-order valence-corrected chi connectivity index (χ2v) is 7.12. The smallest absolute Gasteiger partial charge is 0.253 e. The van der Waals surface area contributed by atoms with E-state index in [0.717, 1.165) is 12.0 Å². The lowest BCUT2D eigenvalue weighted by molar-refractivity contribution is -0.120. The van der Waals surface area contributed by atoms with Crippen molar-refractivity contribution in [3.8, 4) is 0 Å². The molecule has 1 rings (SSSR count). The van der Waals surface area contributed by atoms with Gasteiger partial charge in [-0.05, 0) is 31.0 Å². The first kappa shape index (κ1) is 18.4. The van der Waals surface area contributed by atoms with Crippen molar-refractivity contribution >= 4 is 22.6 Å². The van der Waals surface area contributed by atoms with Gasteiger partial charge >= 0.3 is 0 Å². The summed E-state index contributed by atoms with van der Waals surface area (Å²) in [5.41, 5.74) is 1.35. The van der Waals surface area contributed by atoms with Gasteiger partial charge in [0.2, 0.25) is 5.91 Å². The van der Waals surface area contributed by atoms with E-state index >= 15 is 0 Å². The maximum absolute atomic E-state index is 12.3. The molecule has 6 heteroatoms. The summed E-state index contributed by atoms with van der Waals surface area (Å²) in [5, 5.41) is 2.18. The lowest BCUT2D eigenvalue weighted by Crippen LogP contribution is -2.36. The van der Waals surface area contributed by atoms with Gasteiger partial charge in [0.25, 0.3) is 5.91 Å². The second-order valence-electron chi connectivity index (χ2n) is 5.36. The molecule has 1 N–H and O–H groups in total. The average Bonchev–Trinajstić information content (AvgIpc) is 2.51. The van der Waals surface area contributed by atoms with Crippen LogP contribution in [0.2, 0.25) is 0 Å². The van der Waals surface area contributed by atoms with Crippen LogP contribution in [0.25, 0.3) is 0 Å². The molecular weight excluding hydrogens is 300 g/mol. The average molecular weight is 324 g/mol. The zero-order valence-electron chi connectivity index (χ0n) is 13.6. The van der Waals surface area contributed by atoms with Crippen molar-refractivity contribution in [3.05, 3.63) is 35.4 Å². The Bertz CT molecular complexity index is 558.